The first-order valence-electron chi connectivity index (χ1n) is 8.22. The van der Waals surface area contributed by atoms with Crippen LogP contribution in [0.25, 0.3) is 5.69 Å². The Bertz CT molecular complexity index is 688. The first-order valence-corrected chi connectivity index (χ1v) is 9.75. The summed E-state index contributed by atoms with van der Waals surface area (Å²) in [7, 11) is 0.500. The Balaban J connectivity index is 0.00000176. The lowest BCUT2D eigenvalue weighted by molar-refractivity contribution is -0.118. The van der Waals surface area contributed by atoms with E-state index in [1.807, 2.05) is 13.0 Å². The van der Waals surface area contributed by atoms with Crippen LogP contribution in [0.4, 0.5) is 18.9 Å². The minimum absolute atomic E-state index is 0.111. The third-order valence-electron chi connectivity index (χ3n) is 3.41. The highest BCUT2D eigenvalue weighted by molar-refractivity contribution is 7.99. The van der Waals surface area contributed by atoms with Gasteiger partial charge in [-0.1, -0.05) is 11.6 Å². The van der Waals surface area contributed by atoms with E-state index in [0.29, 0.717) is 30.9 Å². The molecule has 10 heteroatoms. The van der Waals surface area contributed by atoms with E-state index < -0.39 is 6.43 Å². The molecule has 5 nitrogen and oxygen atoms in total. The second-order valence-electron chi connectivity index (χ2n) is 5.14. The van der Waals surface area contributed by atoms with Gasteiger partial charge in [0.1, 0.15) is 5.69 Å². The summed E-state index contributed by atoms with van der Waals surface area (Å²) < 4.78 is 35.3. The molecule has 0 saturated carbocycles. The van der Waals surface area contributed by atoms with E-state index in [4.69, 9.17) is 11.6 Å². The van der Waals surface area contributed by atoms with E-state index in [1.165, 1.54) is 11.8 Å². The van der Waals surface area contributed by atoms with Crippen LogP contribution < -0.4 is 4.90 Å². The van der Waals surface area contributed by atoms with E-state index in [0.717, 1.165) is 5.69 Å². The normalized spacial score (nSPS) is 10.5. The van der Waals surface area contributed by atoms with Crippen molar-refractivity contribution in [3.8, 4) is 5.69 Å². The number of halogens is 4. The highest BCUT2D eigenvalue weighted by Crippen LogP contribution is 2.26. The van der Waals surface area contributed by atoms with Gasteiger partial charge in [0.15, 0.2) is 5.15 Å². The van der Waals surface area contributed by atoms with Crippen LogP contribution in [0, 0.1) is 0 Å². The number of amides is 1. The van der Waals surface area contributed by atoms with E-state index in [-0.39, 0.29) is 23.9 Å². The maximum atomic E-state index is 12.4. The first-order chi connectivity index (χ1) is 13.0. The maximum Gasteiger partial charge on any atom is 0.239 e. The highest BCUT2D eigenvalue weighted by atomic mass is 35.5. The molecule has 0 bridgehead atoms. The van der Waals surface area contributed by atoms with Crippen molar-refractivity contribution in [1.82, 2.24) is 14.8 Å². The van der Waals surface area contributed by atoms with Crippen LogP contribution in [0.1, 0.15) is 19.8 Å². The van der Waals surface area contributed by atoms with Crippen molar-refractivity contribution in [2.45, 2.75) is 26.2 Å². The molecule has 2 aromatic heterocycles. The molecule has 2 rings (SSSR count). The molecule has 0 aliphatic rings. The standard InChI is InChI=1S/C16H19ClF2N4OS.CH3F/c1-2-22(15(24)6-9-25-8-5-14(18)19)13-11-23(21-16(13)17)12-4-3-7-20-10-12;1-2/h3-4,7,10-11,14H,2,5-6,8-9H2,1H3;1H3. The molecule has 0 saturated heterocycles. The van der Waals surface area contributed by atoms with Gasteiger partial charge in [0.05, 0.1) is 25.3 Å². The second-order valence-corrected chi connectivity index (χ2v) is 6.72. The number of hydrogen-bond acceptors (Lipinski definition) is 4. The Hall–Kier alpha value is -1.74. The molecular weight excluding hydrogens is 401 g/mol. The third kappa shape index (κ3) is 7.42. The molecule has 2 heterocycles. The summed E-state index contributed by atoms with van der Waals surface area (Å²) in [6, 6.07) is 3.61. The number of nitrogens with zero attached hydrogens (tertiary/aromatic N) is 4. The van der Waals surface area contributed by atoms with Crippen molar-refractivity contribution in [2.24, 2.45) is 0 Å². The minimum atomic E-state index is -2.30. The Kier molecular flexibility index (Phi) is 10.9. The van der Waals surface area contributed by atoms with Crippen LogP contribution in [0.2, 0.25) is 5.15 Å². The Morgan fingerprint density at radius 1 is 1.37 bits per heavy atom. The Morgan fingerprint density at radius 3 is 2.70 bits per heavy atom. The van der Waals surface area contributed by atoms with E-state index in [2.05, 4.69) is 10.1 Å². The zero-order valence-electron chi connectivity index (χ0n) is 15.1. The molecule has 0 unspecified atom stereocenters. The Labute approximate surface area is 165 Å². The topological polar surface area (TPSA) is 51.0 Å². The minimum Gasteiger partial charge on any atom is -0.308 e. The van der Waals surface area contributed by atoms with Crippen molar-refractivity contribution >= 4 is 35.0 Å². The van der Waals surface area contributed by atoms with Gasteiger partial charge in [-0.05, 0) is 24.8 Å². The van der Waals surface area contributed by atoms with Crippen LogP contribution in [-0.4, -0.2) is 52.3 Å². The van der Waals surface area contributed by atoms with Crippen LogP contribution in [-0.2, 0) is 4.79 Å². The number of pyridine rings is 1. The smallest absolute Gasteiger partial charge is 0.239 e. The summed E-state index contributed by atoms with van der Waals surface area (Å²) in [6.07, 6.45) is 2.79. The summed E-state index contributed by atoms with van der Waals surface area (Å²) in [5.41, 5.74) is 1.26. The quantitative estimate of drug-likeness (QED) is 0.552. The van der Waals surface area contributed by atoms with Gasteiger partial charge in [-0.2, -0.15) is 16.9 Å². The number of rotatable bonds is 9. The van der Waals surface area contributed by atoms with E-state index in [1.54, 1.807) is 34.2 Å². The summed E-state index contributed by atoms with van der Waals surface area (Å²) in [4.78, 5) is 18.0. The molecule has 0 spiro atoms. The number of thioether (sulfide) groups is 1. The number of anilines is 1. The zero-order valence-corrected chi connectivity index (χ0v) is 16.7. The lowest BCUT2D eigenvalue weighted by atomic mass is 10.3. The van der Waals surface area contributed by atoms with Gasteiger partial charge in [0.2, 0.25) is 12.3 Å². The number of aromatic nitrogens is 3. The average molecular weight is 423 g/mol. The van der Waals surface area contributed by atoms with Gasteiger partial charge in [0, 0.05) is 31.3 Å². The monoisotopic (exact) mass is 422 g/mol. The SMILES string of the molecule is CCN(C(=O)CCSCCC(F)F)c1cn(-c2cccnc2)nc1Cl.CF. The average Bonchev–Trinajstić information content (AvgIpc) is 3.06. The van der Waals surface area contributed by atoms with Crippen molar-refractivity contribution in [2.75, 3.05) is 30.1 Å². The molecule has 0 N–H and O–H groups in total. The predicted octanol–water partition coefficient (Wildman–Crippen LogP) is 4.64. The summed E-state index contributed by atoms with van der Waals surface area (Å²) in [5, 5.41) is 4.45. The molecule has 1 amide bonds. The lowest BCUT2D eigenvalue weighted by Crippen LogP contribution is -2.30. The number of alkyl halides is 3. The molecule has 0 aliphatic heterocycles. The second kappa shape index (κ2) is 12.6. The van der Waals surface area contributed by atoms with Crippen molar-refractivity contribution < 1.29 is 18.0 Å². The fraction of sp³-hybridized carbons (Fsp3) is 0.471. The number of hydrogen-bond donors (Lipinski definition) is 0. The fourth-order valence-electron chi connectivity index (χ4n) is 2.20. The van der Waals surface area contributed by atoms with Crippen molar-refractivity contribution in [3.63, 3.8) is 0 Å². The van der Waals surface area contributed by atoms with Gasteiger partial charge < -0.3 is 4.90 Å². The largest absolute Gasteiger partial charge is 0.308 e. The van der Waals surface area contributed by atoms with E-state index >= 15 is 0 Å². The first kappa shape index (κ1) is 23.3. The molecule has 0 atom stereocenters. The van der Waals surface area contributed by atoms with Gasteiger partial charge in [-0.15, -0.1) is 0 Å². The summed E-state index contributed by atoms with van der Waals surface area (Å²) in [6.45, 7) is 2.29. The molecular formula is C17H22ClF3N4OS. The van der Waals surface area contributed by atoms with Crippen LogP contribution in [0.3, 0.4) is 0 Å². The van der Waals surface area contributed by atoms with Gasteiger partial charge in [0.25, 0.3) is 0 Å². The van der Waals surface area contributed by atoms with Crippen LogP contribution >= 0.6 is 23.4 Å². The molecule has 0 radical (unpaired) electrons. The van der Waals surface area contributed by atoms with Crippen molar-refractivity contribution in [3.05, 3.63) is 35.9 Å². The van der Waals surface area contributed by atoms with Crippen LogP contribution in [0.5, 0.6) is 0 Å². The molecule has 0 aliphatic carbocycles. The van der Waals surface area contributed by atoms with Crippen molar-refractivity contribution in [1.29, 1.82) is 0 Å². The third-order valence-corrected chi connectivity index (χ3v) is 4.70. The van der Waals surface area contributed by atoms with Gasteiger partial charge in [-0.3, -0.25) is 14.2 Å². The fourth-order valence-corrected chi connectivity index (χ4v) is 3.30. The molecule has 0 fully saturated rings. The maximum absolute atomic E-state index is 12.4. The predicted molar refractivity (Wildman–Crippen MR) is 104 cm³/mol. The number of carbonyl (C=O) groups is 1. The molecule has 27 heavy (non-hydrogen) atoms. The lowest BCUT2D eigenvalue weighted by Gasteiger charge is -2.19. The van der Waals surface area contributed by atoms with E-state index in [9.17, 15) is 18.0 Å². The van der Waals surface area contributed by atoms with Gasteiger partial charge >= 0.3 is 0 Å². The molecule has 150 valence electrons. The van der Waals surface area contributed by atoms with Gasteiger partial charge in [-0.25, -0.2) is 13.5 Å². The zero-order chi connectivity index (χ0) is 20.2. The number of carbonyl (C=O) groups excluding carboxylic acids is 1. The van der Waals surface area contributed by atoms with Crippen LogP contribution in [0.15, 0.2) is 30.7 Å². The molecule has 0 aromatic carbocycles. The Morgan fingerprint density at radius 2 is 2.11 bits per heavy atom. The molecule has 2 aromatic rings. The summed E-state index contributed by atoms with van der Waals surface area (Å²) in [5.74, 6) is 0.729. The summed E-state index contributed by atoms with van der Waals surface area (Å²) >= 11 is 7.55. The highest BCUT2D eigenvalue weighted by Gasteiger charge is 2.20.